The zero-order valence-electron chi connectivity index (χ0n) is 21.2. The number of hydrogen-bond acceptors (Lipinski definition) is 4. The van der Waals surface area contributed by atoms with Crippen molar-refractivity contribution >= 4 is 27.5 Å². The first kappa shape index (κ1) is 27.9. The van der Waals surface area contributed by atoms with Crippen molar-refractivity contribution in [2.75, 3.05) is 23.9 Å². The molecule has 0 unspecified atom stereocenters. The summed E-state index contributed by atoms with van der Waals surface area (Å²) < 4.78 is 41.8. The van der Waals surface area contributed by atoms with E-state index in [0.29, 0.717) is 13.0 Å². The van der Waals surface area contributed by atoms with Crippen molar-refractivity contribution in [3.05, 3.63) is 95.8 Å². The first-order valence-corrected chi connectivity index (χ1v) is 13.5. The average molecular weight is 526 g/mol. The second kappa shape index (κ2) is 12.5. The molecular formula is C28H32FN3O4S. The van der Waals surface area contributed by atoms with Crippen LogP contribution in [0.2, 0.25) is 0 Å². The van der Waals surface area contributed by atoms with Crippen molar-refractivity contribution in [3.8, 4) is 0 Å². The Kier molecular flexibility index (Phi) is 9.41. The van der Waals surface area contributed by atoms with Gasteiger partial charge in [-0.15, -0.1) is 0 Å². The zero-order chi connectivity index (χ0) is 27.0. The van der Waals surface area contributed by atoms with E-state index in [4.69, 9.17) is 0 Å². The maximum absolute atomic E-state index is 13.7. The number of anilines is 1. The van der Waals surface area contributed by atoms with Crippen molar-refractivity contribution in [1.82, 2.24) is 10.2 Å². The van der Waals surface area contributed by atoms with E-state index in [9.17, 15) is 22.4 Å². The van der Waals surface area contributed by atoms with Crippen LogP contribution in [0.25, 0.3) is 0 Å². The molecule has 3 rings (SSSR count). The molecule has 0 aliphatic rings. The molecule has 1 N–H and O–H groups in total. The van der Waals surface area contributed by atoms with Gasteiger partial charge in [0, 0.05) is 13.1 Å². The van der Waals surface area contributed by atoms with Gasteiger partial charge < -0.3 is 10.2 Å². The number of aryl methyl sites for hydroxylation is 1. The molecule has 3 aromatic rings. The molecule has 0 spiro atoms. The van der Waals surface area contributed by atoms with E-state index in [0.717, 1.165) is 27.6 Å². The van der Waals surface area contributed by atoms with Crippen molar-refractivity contribution < 1.29 is 22.4 Å². The van der Waals surface area contributed by atoms with Gasteiger partial charge in [-0.3, -0.25) is 13.9 Å². The summed E-state index contributed by atoms with van der Waals surface area (Å²) >= 11 is 0. The van der Waals surface area contributed by atoms with Gasteiger partial charge in [-0.1, -0.05) is 48.0 Å². The van der Waals surface area contributed by atoms with Crippen LogP contribution < -0.4 is 9.62 Å². The van der Waals surface area contributed by atoms with Crippen LogP contribution in [0.1, 0.15) is 25.0 Å². The van der Waals surface area contributed by atoms with Gasteiger partial charge in [-0.25, -0.2) is 12.8 Å². The number of benzene rings is 3. The van der Waals surface area contributed by atoms with Crippen molar-refractivity contribution in [2.45, 2.75) is 38.1 Å². The summed E-state index contributed by atoms with van der Waals surface area (Å²) in [5, 5.41) is 2.73. The first-order chi connectivity index (χ1) is 17.6. The third-order valence-corrected chi connectivity index (χ3v) is 7.79. The Morgan fingerprint density at radius 3 is 2.16 bits per heavy atom. The van der Waals surface area contributed by atoms with Gasteiger partial charge >= 0.3 is 0 Å². The maximum atomic E-state index is 13.7. The monoisotopic (exact) mass is 525 g/mol. The molecular weight excluding hydrogens is 493 g/mol. The number of rotatable bonds is 11. The molecule has 0 radical (unpaired) electrons. The van der Waals surface area contributed by atoms with Crippen LogP contribution in [0, 0.1) is 12.7 Å². The fourth-order valence-electron chi connectivity index (χ4n) is 3.87. The summed E-state index contributed by atoms with van der Waals surface area (Å²) in [4.78, 5) is 27.6. The van der Waals surface area contributed by atoms with E-state index >= 15 is 0 Å². The Labute approximate surface area is 218 Å². The summed E-state index contributed by atoms with van der Waals surface area (Å²) in [6.07, 6.45) is 0.492. The van der Waals surface area contributed by atoms with E-state index in [1.165, 1.54) is 17.0 Å². The molecule has 0 saturated carbocycles. The molecule has 0 fully saturated rings. The molecule has 3 aromatic carbocycles. The fraction of sp³-hybridized carbons (Fsp3) is 0.286. The predicted molar refractivity (Wildman–Crippen MR) is 142 cm³/mol. The third-order valence-electron chi connectivity index (χ3n) is 6.00. The maximum Gasteiger partial charge on any atom is 0.264 e. The molecule has 0 aliphatic heterocycles. The molecule has 1 atom stereocenters. The fourth-order valence-corrected chi connectivity index (χ4v) is 5.28. The second-order valence-corrected chi connectivity index (χ2v) is 10.6. The number of nitrogens with zero attached hydrogens (tertiary/aromatic N) is 2. The highest BCUT2D eigenvalue weighted by Crippen LogP contribution is 2.25. The van der Waals surface area contributed by atoms with Gasteiger partial charge in [0.25, 0.3) is 10.0 Å². The first-order valence-electron chi connectivity index (χ1n) is 12.1. The quantitative estimate of drug-likeness (QED) is 0.411. The van der Waals surface area contributed by atoms with Crippen molar-refractivity contribution in [3.63, 3.8) is 0 Å². The van der Waals surface area contributed by atoms with Crippen LogP contribution in [0.15, 0.2) is 83.8 Å². The largest absolute Gasteiger partial charge is 0.355 e. The number of hydrogen-bond donors (Lipinski definition) is 1. The number of likely N-dealkylation sites (N-methyl/N-ethyl adjacent to an activating group) is 1. The summed E-state index contributed by atoms with van der Waals surface area (Å²) in [6.45, 7) is 5.37. The van der Waals surface area contributed by atoms with Gasteiger partial charge in [0.2, 0.25) is 11.8 Å². The van der Waals surface area contributed by atoms with Crippen LogP contribution in [0.3, 0.4) is 0 Å². The normalized spacial score (nSPS) is 12.0. The lowest BCUT2D eigenvalue weighted by atomic mass is 10.1. The highest BCUT2D eigenvalue weighted by molar-refractivity contribution is 7.92. The van der Waals surface area contributed by atoms with Gasteiger partial charge in [0.05, 0.1) is 10.6 Å². The lowest BCUT2D eigenvalue weighted by Gasteiger charge is -2.32. The van der Waals surface area contributed by atoms with E-state index in [1.807, 2.05) is 37.3 Å². The lowest BCUT2D eigenvalue weighted by Crippen LogP contribution is -2.52. The molecule has 37 heavy (non-hydrogen) atoms. The summed E-state index contributed by atoms with van der Waals surface area (Å²) in [5.74, 6) is -1.42. The smallest absolute Gasteiger partial charge is 0.264 e. The Hall–Kier alpha value is -3.72. The number of amides is 2. The Morgan fingerprint density at radius 2 is 1.57 bits per heavy atom. The average Bonchev–Trinajstić information content (AvgIpc) is 2.89. The molecule has 0 aliphatic carbocycles. The van der Waals surface area contributed by atoms with Crippen LogP contribution >= 0.6 is 0 Å². The van der Waals surface area contributed by atoms with Crippen LogP contribution in [0.5, 0.6) is 0 Å². The zero-order valence-corrected chi connectivity index (χ0v) is 22.0. The lowest BCUT2D eigenvalue weighted by molar-refractivity contribution is -0.138. The third kappa shape index (κ3) is 7.16. The standard InChI is InChI=1S/C28H32FN3O4S/c1-4-30-28(34)22(3)31(19-18-23-8-6-5-7-9-23)27(33)20-32(25-14-10-21(2)11-15-25)37(35,36)26-16-12-24(29)13-17-26/h5-17,22H,4,18-20H2,1-3H3,(H,30,34)/t22-/m0/s1. The molecule has 9 heteroatoms. The molecule has 0 aromatic heterocycles. The minimum Gasteiger partial charge on any atom is -0.355 e. The molecule has 0 heterocycles. The summed E-state index contributed by atoms with van der Waals surface area (Å²) in [7, 11) is -4.22. The second-order valence-electron chi connectivity index (χ2n) is 8.69. The van der Waals surface area contributed by atoms with Crippen molar-refractivity contribution in [2.24, 2.45) is 0 Å². The van der Waals surface area contributed by atoms with Gasteiger partial charge in [0.15, 0.2) is 0 Å². The number of sulfonamides is 1. The predicted octanol–water partition coefficient (Wildman–Crippen LogP) is 3.93. The van der Waals surface area contributed by atoms with Crippen molar-refractivity contribution in [1.29, 1.82) is 0 Å². The minimum atomic E-state index is -4.22. The molecule has 0 saturated heterocycles. The number of nitrogens with one attached hydrogen (secondary N) is 1. The SMILES string of the molecule is CCNC(=O)[C@H](C)N(CCc1ccccc1)C(=O)CN(c1ccc(C)cc1)S(=O)(=O)c1ccc(F)cc1. The molecule has 2 amide bonds. The highest BCUT2D eigenvalue weighted by atomic mass is 32.2. The number of halogens is 1. The summed E-state index contributed by atoms with van der Waals surface area (Å²) in [5.41, 5.74) is 2.19. The Morgan fingerprint density at radius 1 is 0.946 bits per heavy atom. The van der Waals surface area contributed by atoms with E-state index < -0.39 is 34.3 Å². The van der Waals surface area contributed by atoms with Gasteiger partial charge in [-0.2, -0.15) is 0 Å². The van der Waals surface area contributed by atoms with E-state index in [2.05, 4.69) is 5.32 Å². The van der Waals surface area contributed by atoms with Crippen LogP contribution in [-0.2, 0) is 26.0 Å². The van der Waals surface area contributed by atoms with E-state index in [-0.39, 0.29) is 23.0 Å². The topological polar surface area (TPSA) is 86.8 Å². The van der Waals surface area contributed by atoms with E-state index in [1.54, 1.807) is 38.1 Å². The Balaban J connectivity index is 1.96. The number of carbonyl (C=O) groups is 2. The Bertz CT molecular complexity index is 1300. The van der Waals surface area contributed by atoms with Gasteiger partial charge in [0.1, 0.15) is 18.4 Å². The molecule has 196 valence electrons. The summed E-state index contributed by atoms with van der Waals surface area (Å²) in [6, 6.07) is 19.9. The van der Waals surface area contributed by atoms with Crippen LogP contribution in [0.4, 0.5) is 10.1 Å². The van der Waals surface area contributed by atoms with Gasteiger partial charge in [-0.05, 0) is 69.2 Å². The number of carbonyl (C=O) groups excluding carboxylic acids is 2. The van der Waals surface area contributed by atoms with Crippen LogP contribution in [-0.4, -0.2) is 50.8 Å². The highest BCUT2D eigenvalue weighted by Gasteiger charge is 2.32. The minimum absolute atomic E-state index is 0.144. The molecule has 7 nitrogen and oxygen atoms in total. The molecule has 0 bridgehead atoms.